The fraction of sp³-hybridized carbons (Fsp3) is 0.250. The Kier molecular flexibility index (Phi) is 4.56. The minimum Gasteiger partial charge on any atom is -0.306 e. The summed E-state index contributed by atoms with van der Waals surface area (Å²) in [5.74, 6) is 0. The first-order valence-corrected chi connectivity index (χ1v) is 6.99. The molecule has 1 atom stereocenters. The molecule has 0 spiro atoms. The van der Waals surface area contributed by atoms with Gasteiger partial charge in [-0.25, -0.2) is 0 Å². The van der Waals surface area contributed by atoms with Crippen LogP contribution in [0.25, 0.3) is 0 Å². The molecule has 0 saturated carbocycles. The molecule has 0 aliphatic carbocycles. The highest BCUT2D eigenvalue weighted by molar-refractivity contribution is 9.10. The molecule has 0 amide bonds. The quantitative estimate of drug-likeness (QED) is 0.870. The number of hydrogen-bond acceptors (Lipinski definition) is 1. The summed E-state index contributed by atoms with van der Waals surface area (Å²) in [6.07, 6.45) is 0. The average molecular weight is 304 g/mol. The van der Waals surface area contributed by atoms with Crippen molar-refractivity contribution in [3.05, 3.63) is 69.7 Å². The number of halogens is 1. The van der Waals surface area contributed by atoms with Gasteiger partial charge >= 0.3 is 0 Å². The van der Waals surface area contributed by atoms with E-state index >= 15 is 0 Å². The van der Waals surface area contributed by atoms with Crippen LogP contribution in [0.1, 0.15) is 29.7 Å². The van der Waals surface area contributed by atoms with Crippen molar-refractivity contribution < 1.29 is 0 Å². The van der Waals surface area contributed by atoms with Crippen LogP contribution in [-0.4, -0.2) is 0 Å². The summed E-state index contributed by atoms with van der Waals surface area (Å²) in [5, 5.41) is 3.54. The standard InChI is InChI=1S/C16H18BrN/c1-12-6-8-15(9-7-12)13(2)18-11-14-4-3-5-16(17)10-14/h3-10,13,18H,11H2,1-2H3. The number of benzene rings is 2. The molecule has 2 aromatic rings. The molecule has 0 saturated heterocycles. The van der Waals surface area contributed by atoms with Crippen LogP contribution in [0.4, 0.5) is 0 Å². The van der Waals surface area contributed by atoms with Crippen LogP contribution in [-0.2, 0) is 6.54 Å². The van der Waals surface area contributed by atoms with Gasteiger partial charge in [0, 0.05) is 17.1 Å². The van der Waals surface area contributed by atoms with E-state index in [0.29, 0.717) is 6.04 Å². The molecule has 2 rings (SSSR count). The van der Waals surface area contributed by atoms with E-state index in [4.69, 9.17) is 0 Å². The second-order valence-electron chi connectivity index (χ2n) is 4.64. The Hall–Kier alpha value is -1.12. The van der Waals surface area contributed by atoms with E-state index in [9.17, 15) is 0 Å². The molecule has 2 aromatic carbocycles. The number of hydrogen-bond donors (Lipinski definition) is 1. The van der Waals surface area contributed by atoms with Gasteiger partial charge in [-0.05, 0) is 37.1 Å². The van der Waals surface area contributed by atoms with Crippen molar-refractivity contribution >= 4 is 15.9 Å². The average Bonchev–Trinajstić information content (AvgIpc) is 2.37. The molecule has 0 bridgehead atoms. The molecule has 1 unspecified atom stereocenters. The topological polar surface area (TPSA) is 12.0 Å². The van der Waals surface area contributed by atoms with Crippen molar-refractivity contribution in [2.45, 2.75) is 26.4 Å². The Labute approximate surface area is 117 Å². The molecule has 0 aliphatic rings. The van der Waals surface area contributed by atoms with E-state index in [0.717, 1.165) is 11.0 Å². The van der Waals surface area contributed by atoms with Crippen molar-refractivity contribution in [2.75, 3.05) is 0 Å². The Bertz CT molecular complexity index is 505. The zero-order valence-corrected chi connectivity index (χ0v) is 12.4. The van der Waals surface area contributed by atoms with Crippen LogP contribution in [0.5, 0.6) is 0 Å². The lowest BCUT2D eigenvalue weighted by Crippen LogP contribution is -2.17. The third-order valence-electron chi connectivity index (χ3n) is 3.08. The van der Waals surface area contributed by atoms with Crippen LogP contribution in [0, 0.1) is 6.92 Å². The summed E-state index contributed by atoms with van der Waals surface area (Å²) in [6, 6.07) is 17.5. The molecule has 1 N–H and O–H groups in total. The molecule has 94 valence electrons. The minimum atomic E-state index is 0.365. The maximum Gasteiger partial charge on any atom is 0.0294 e. The van der Waals surface area contributed by atoms with Crippen LogP contribution < -0.4 is 5.32 Å². The highest BCUT2D eigenvalue weighted by Gasteiger charge is 2.04. The van der Waals surface area contributed by atoms with Gasteiger partial charge in [0.15, 0.2) is 0 Å². The molecule has 0 radical (unpaired) electrons. The van der Waals surface area contributed by atoms with Gasteiger partial charge in [-0.15, -0.1) is 0 Å². The molecule has 2 heteroatoms. The van der Waals surface area contributed by atoms with Crippen LogP contribution in [0.2, 0.25) is 0 Å². The lowest BCUT2D eigenvalue weighted by molar-refractivity contribution is 0.574. The van der Waals surface area contributed by atoms with Crippen molar-refractivity contribution in [1.82, 2.24) is 5.32 Å². The maximum atomic E-state index is 3.54. The van der Waals surface area contributed by atoms with Gasteiger partial charge in [0.25, 0.3) is 0 Å². The number of rotatable bonds is 4. The smallest absolute Gasteiger partial charge is 0.0294 e. The fourth-order valence-corrected chi connectivity index (χ4v) is 2.34. The van der Waals surface area contributed by atoms with Crippen LogP contribution in [0.15, 0.2) is 53.0 Å². The summed E-state index contributed by atoms with van der Waals surface area (Å²) in [6.45, 7) is 5.19. The third kappa shape index (κ3) is 3.69. The third-order valence-corrected chi connectivity index (χ3v) is 3.57. The maximum absolute atomic E-state index is 3.54. The summed E-state index contributed by atoms with van der Waals surface area (Å²) in [4.78, 5) is 0. The monoisotopic (exact) mass is 303 g/mol. The van der Waals surface area contributed by atoms with E-state index < -0.39 is 0 Å². The van der Waals surface area contributed by atoms with Gasteiger partial charge in [-0.3, -0.25) is 0 Å². The molecule has 0 aliphatic heterocycles. The molecule has 0 aromatic heterocycles. The van der Waals surface area contributed by atoms with Gasteiger partial charge in [0.1, 0.15) is 0 Å². The summed E-state index contributed by atoms with van der Waals surface area (Å²) >= 11 is 3.49. The van der Waals surface area contributed by atoms with Gasteiger partial charge < -0.3 is 5.32 Å². The predicted octanol–water partition coefficient (Wildman–Crippen LogP) is 4.61. The van der Waals surface area contributed by atoms with E-state index in [2.05, 4.69) is 77.6 Å². The van der Waals surface area contributed by atoms with Gasteiger partial charge in [0.2, 0.25) is 0 Å². The first-order valence-electron chi connectivity index (χ1n) is 6.19. The van der Waals surface area contributed by atoms with Crippen LogP contribution in [0.3, 0.4) is 0 Å². The molecular weight excluding hydrogens is 286 g/mol. The largest absolute Gasteiger partial charge is 0.306 e. The summed E-state index contributed by atoms with van der Waals surface area (Å²) < 4.78 is 1.13. The Morgan fingerprint density at radius 1 is 1.11 bits per heavy atom. The molecule has 0 fully saturated rings. The second kappa shape index (κ2) is 6.17. The normalized spacial score (nSPS) is 12.4. The first-order chi connectivity index (χ1) is 8.65. The van der Waals surface area contributed by atoms with E-state index in [-0.39, 0.29) is 0 Å². The lowest BCUT2D eigenvalue weighted by Gasteiger charge is -2.14. The minimum absolute atomic E-state index is 0.365. The molecule has 18 heavy (non-hydrogen) atoms. The molecule has 1 nitrogen and oxygen atoms in total. The number of nitrogens with one attached hydrogen (secondary N) is 1. The Balaban J connectivity index is 1.96. The van der Waals surface area contributed by atoms with Crippen molar-refractivity contribution in [1.29, 1.82) is 0 Å². The van der Waals surface area contributed by atoms with E-state index in [1.807, 2.05) is 6.07 Å². The van der Waals surface area contributed by atoms with E-state index in [1.54, 1.807) is 0 Å². The highest BCUT2D eigenvalue weighted by Crippen LogP contribution is 2.15. The Morgan fingerprint density at radius 3 is 2.50 bits per heavy atom. The van der Waals surface area contributed by atoms with Crippen molar-refractivity contribution in [2.24, 2.45) is 0 Å². The zero-order chi connectivity index (χ0) is 13.0. The van der Waals surface area contributed by atoms with Gasteiger partial charge in [-0.2, -0.15) is 0 Å². The highest BCUT2D eigenvalue weighted by atomic mass is 79.9. The van der Waals surface area contributed by atoms with Crippen LogP contribution >= 0.6 is 15.9 Å². The number of aryl methyl sites for hydroxylation is 1. The fourth-order valence-electron chi connectivity index (χ4n) is 1.89. The molecular formula is C16H18BrN. The van der Waals surface area contributed by atoms with Gasteiger partial charge in [0.05, 0.1) is 0 Å². The first kappa shape index (κ1) is 13.3. The SMILES string of the molecule is Cc1ccc(C(C)NCc2cccc(Br)c2)cc1. The predicted molar refractivity (Wildman–Crippen MR) is 80.6 cm³/mol. The second-order valence-corrected chi connectivity index (χ2v) is 5.56. The van der Waals surface area contributed by atoms with Crippen molar-refractivity contribution in [3.8, 4) is 0 Å². The Morgan fingerprint density at radius 2 is 1.83 bits per heavy atom. The lowest BCUT2D eigenvalue weighted by atomic mass is 10.1. The van der Waals surface area contributed by atoms with Crippen molar-refractivity contribution in [3.63, 3.8) is 0 Å². The molecule has 0 heterocycles. The summed E-state index contributed by atoms with van der Waals surface area (Å²) in [7, 11) is 0. The van der Waals surface area contributed by atoms with E-state index in [1.165, 1.54) is 16.7 Å². The van der Waals surface area contributed by atoms with Gasteiger partial charge in [-0.1, -0.05) is 57.9 Å². The summed E-state index contributed by atoms with van der Waals surface area (Å²) in [5.41, 5.74) is 3.93. The zero-order valence-electron chi connectivity index (χ0n) is 10.8.